The molecular weight excluding hydrogens is 516 g/mol. The molecule has 6 rings (SSSR count). The van der Waals surface area contributed by atoms with Crippen molar-refractivity contribution in [1.29, 1.82) is 0 Å². The minimum atomic E-state index is -0.0811. The number of carbonyl (C=O) groups excluding carboxylic acids is 1. The maximum atomic E-state index is 13.3. The minimum absolute atomic E-state index is 0.0811. The second kappa shape index (κ2) is 11.1. The summed E-state index contributed by atoms with van der Waals surface area (Å²) in [5, 5.41) is 5.28. The first-order valence-corrected chi connectivity index (χ1v) is 14.5. The molecule has 1 N–H and O–H groups in total. The Morgan fingerprint density at radius 2 is 1.82 bits per heavy atom. The van der Waals surface area contributed by atoms with Crippen LogP contribution in [-0.2, 0) is 26.6 Å². The van der Waals surface area contributed by atoms with Crippen molar-refractivity contribution in [1.82, 2.24) is 4.57 Å². The van der Waals surface area contributed by atoms with Gasteiger partial charge in [0.25, 0.3) is 5.91 Å². The molecule has 0 bridgehead atoms. The predicted molar refractivity (Wildman–Crippen MR) is 166 cm³/mol. The van der Waals surface area contributed by atoms with Gasteiger partial charge < -0.3 is 24.4 Å². The number of fused-ring (bicyclic) bond motifs is 2. The summed E-state index contributed by atoms with van der Waals surface area (Å²) < 4.78 is 9.17. The van der Waals surface area contributed by atoms with E-state index >= 15 is 0 Å². The Hall–Kier alpha value is -4.23. The highest BCUT2D eigenvalue weighted by Crippen LogP contribution is 2.36. The van der Waals surface area contributed by atoms with Crippen molar-refractivity contribution in [2.75, 3.05) is 35.8 Å². The van der Waals surface area contributed by atoms with Gasteiger partial charge in [0.05, 0.1) is 21.6 Å². The van der Waals surface area contributed by atoms with Crippen molar-refractivity contribution in [3.63, 3.8) is 0 Å². The first-order chi connectivity index (χ1) is 19.5. The highest BCUT2D eigenvalue weighted by Gasteiger charge is 2.23. The summed E-state index contributed by atoms with van der Waals surface area (Å²) in [5.74, 6) is 0.774. The average molecular weight is 551 g/mol. The molecule has 3 heterocycles. The molecule has 40 heavy (non-hydrogen) atoms. The number of benzene rings is 3. The second-order valence-corrected chi connectivity index (χ2v) is 11.5. The number of rotatable bonds is 8. The van der Waals surface area contributed by atoms with Crippen LogP contribution >= 0.6 is 11.3 Å². The lowest BCUT2D eigenvalue weighted by Gasteiger charge is -2.33. The van der Waals surface area contributed by atoms with E-state index in [0.717, 1.165) is 64.5 Å². The third-order valence-corrected chi connectivity index (χ3v) is 8.44. The third-order valence-electron chi connectivity index (χ3n) is 7.58. The van der Waals surface area contributed by atoms with Crippen LogP contribution in [0.3, 0.4) is 0 Å². The molecule has 2 aromatic heterocycles. The van der Waals surface area contributed by atoms with Gasteiger partial charge in [-0.1, -0.05) is 36.4 Å². The zero-order valence-corrected chi connectivity index (χ0v) is 24.0. The number of nitrogens with zero attached hydrogens (tertiary/aromatic N) is 3. The van der Waals surface area contributed by atoms with Gasteiger partial charge >= 0.3 is 0 Å². The number of nitrogens with one attached hydrogen (secondary N) is 1. The Bertz CT molecular complexity index is 1650. The molecule has 5 aromatic rings. The molecule has 7 heteroatoms. The van der Waals surface area contributed by atoms with Gasteiger partial charge in [0.15, 0.2) is 0 Å². The first-order valence-electron chi connectivity index (χ1n) is 13.7. The monoisotopic (exact) mass is 550 g/mol. The summed E-state index contributed by atoms with van der Waals surface area (Å²) in [4.78, 5) is 17.8. The quantitative estimate of drug-likeness (QED) is 0.224. The molecule has 0 fully saturated rings. The van der Waals surface area contributed by atoms with E-state index < -0.39 is 0 Å². The van der Waals surface area contributed by atoms with Crippen LogP contribution in [0.25, 0.3) is 10.2 Å². The Morgan fingerprint density at radius 1 is 1.00 bits per heavy atom. The molecule has 6 nitrogen and oxygen atoms in total. The molecule has 0 radical (unpaired) electrons. The summed E-state index contributed by atoms with van der Waals surface area (Å²) in [7, 11) is 6.04. The van der Waals surface area contributed by atoms with E-state index in [1.807, 2.05) is 56.0 Å². The fourth-order valence-corrected chi connectivity index (χ4v) is 6.30. The van der Waals surface area contributed by atoms with E-state index in [9.17, 15) is 4.79 Å². The van der Waals surface area contributed by atoms with Gasteiger partial charge in [0.2, 0.25) is 0 Å². The van der Waals surface area contributed by atoms with Gasteiger partial charge in [0.1, 0.15) is 18.1 Å². The Labute approximate surface area is 239 Å². The number of aryl methyl sites for hydroxylation is 2. The maximum Gasteiger partial charge on any atom is 0.272 e. The predicted octanol–water partition coefficient (Wildman–Crippen LogP) is 7.09. The van der Waals surface area contributed by atoms with Gasteiger partial charge in [-0.05, 0) is 77.4 Å². The minimum Gasteiger partial charge on any atom is -0.489 e. The van der Waals surface area contributed by atoms with Crippen LogP contribution in [0, 0.1) is 0 Å². The van der Waals surface area contributed by atoms with Crippen LogP contribution in [-0.4, -0.2) is 31.1 Å². The van der Waals surface area contributed by atoms with Crippen LogP contribution < -0.4 is 19.9 Å². The molecule has 0 atom stereocenters. The van der Waals surface area contributed by atoms with Crippen LogP contribution in [0.4, 0.5) is 17.1 Å². The number of hydrogen-bond donors (Lipinski definition) is 1. The van der Waals surface area contributed by atoms with Crippen molar-refractivity contribution >= 4 is 44.5 Å². The number of ether oxygens (including phenoxy) is 1. The Morgan fingerprint density at radius 3 is 2.62 bits per heavy atom. The topological polar surface area (TPSA) is 49.7 Å². The van der Waals surface area contributed by atoms with Gasteiger partial charge in [-0.15, -0.1) is 11.3 Å². The number of thiophene rings is 1. The number of amides is 1. The number of carbonyl (C=O) groups is 1. The largest absolute Gasteiger partial charge is 0.489 e. The first kappa shape index (κ1) is 26.0. The summed E-state index contributed by atoms with van der Waals surface area (Å²) >= 11 is 1.66. The third kappa shape index (κ3) is 5.29. The maximum absolute atomic E-state index is 13.3. The summed E-state index contributed by atoms with van der Waals surface area (Å²) in [5.41, 5.74) is 8.54. The van der Waals surface area contributed by atoms with Crippen LogP contribution in [0.5, 0.6) is 5.75 Å². The van der Waals surface area contributed by atoms with Gasteiger partial charge in [-0.3, -0.25) is 4.79 Å². The lowest BCUT2D eigenvalue weighted by molar-refractivity contribution is 0.101. The van der Waals surface area contributed by atoms with Gasteiger partial charge in [-0.25, -0.2) is 0 Å². The van der Waals surface area contributed by atoms with Crippen molar-refractivity contribution in [2.24, 2.45) is 7.05 Å². The lowest BCUT2D eigenvalue weighted by Crippen LogP contribution is -2.30. The molecule has 0 spiro atoms. The fraction of sp³-hybridized carbons (Fsp3) is 0.242. The molecule has 0 unspecified atom stereocenters. The zero-order chi connectivity index (χ0) is 27.6. The summed E-state index contributed by atoms with van der Waals surface area (Å²) in [6.07, 6.45) is 2.10. The smallest absolute Gasteiger partial charge is 0.272 e. The number of aromatic nitrogens is 1. The fourth-order valence-electron chi connectivity index (χ4n) is 5.45. The van der Waals surface area contributed by atoms with Crippen molar-refractivity contribution < 1.29 is 9.53 Å². The van der Waals surface area contributed by atoms with Gasteiger partial charge in [-0.2, -0.15) is 0 Å². The van der Waals surface area contributed by atoms with E-state index in [4.69, 9.17) is 4.74 Å². The molecular formula is C33H34N4O2S. The second-order valence-electron chi connectivity index (χ2n) is 10.5. The number of para-hydroxylation sites is 1. The van der Waals surface area contributed by atoms with E-state index in [2.05, 4.69) is 69.0 Å². The van der Waals surface area contributed by atoms with Crippen LogP contribution in [0.2, 0.25) is 0 Å². The SMILES string of the molecule is CN(C)c1cccc(COc2ccc(CN3CCCc4cccc(NC(=O)c5cc6sccc6n5C)c43)cc2)c1. The van der Waals surface area contributed by atoms with Crippen molar-refractivity contribution in [3.05, 3.63) is 107 Å². The molecule has 0 saturated heterocycles. The van der Waals surface area contributed by atoms with Crippen molar-refractivity contribution in [2.45, 2.75) is 26.0 Å². The normalized spacial score (nSPS) is 12.8. The highest BCUT2D eigenvalue weighted by atomic mass is 32.1. The van der Waals surface area contributed by atoms with E-state index in [1.54, 1.807) is 11.3 Å². The highest BCUT2D eigenvalue weighted by molar-refractivity contribution is 7.17. The Kier molecular flexibility index (Phi) is 7.22. The molecule has 0 saturated carbocycles. The standard InChI is InChI=1S/C33H34N4O2S/c1-35(2)26-10-4-7-24(19-26)22-39-27-14-12-23(13-15-27)21-37-17-6-9-25-8-5-11-28(32(25)37)34-33(38)30-20-31-29(36(30)3)16-18-40-31/h4-5,7-8,10-16,18-20H,6,9,17,21-22H2,1-3H3,(H,34,38). The molecule has 1 aliphatic heterocycles. The Balaban J connectivity index is 1.16. The molecule has 1 aliphatic rings. The van der Waals surface area contributed by atoms with E-state index in [-0.39, 0.29) is 5.91 Å². The molecule has 0 aliphatic carbocycles. The molecule has 204 valence electrons. The number of anilines is 3. The lowest BCUT2D eigenvalue weighted by atomic mass is 9.99. The molecule has 1 amide bonds. The van der Waals surface area contributed by atoms with Crippen LogP contribution in [0.1, 0.15) is 33.6 Å². The summed E-state index contributed by atoms with van der Waals surface area (Å²) in [6.45, 7) is 2.24. The van der Waals surface area contributed by atoms with Gasteiger partial charge in [0, 0.05) is 39.9 Å². The average Bonchev–Trinajstić information content (AvgIpc) is 3.56. The van der Waals surface area contributed by atoms with E-state index in [1.165, 1.54) is 11.1 Å². The van der Waals surface area contributed by atoms with E-state index in [0.29, 0.717) is 12.3 Å². The van der Waals surface area contributed by atoms with Crippen LogP contribution in [0.15, 0.2) is 84.2 Å². The molecule has 3 aromatic carbocycles. The number of hydrogen-bond acceptors (Lipinski definition) is 5. The summed E-state index contributed by atoms with van der Waals surface area (Å²) in [6, 6.07) is 27.0. The zero-order valence-electron chi connectivity index (χ0n) is 23.2. The van der Waals surface area contributed by atoms with Crippen molar-refractivity contribution in [3.8, 4) is 5.75 Å².